The third-order valence-electron chi connectivity index (χ3n) is 1.78. The molecule has 1 aromatic rings. The van der Waals surface area contributed by atoms with E-state index in [0.29, 0.717) is 31.3 Å². The van der Waals surface area contributed by atoms with Crippen molar-refractivity contribution < 1.29 is 9.26 Å². The lowest BCUT2D eigenvalue weighted by Gasteiger charge is -1.94. The maximum atomic E-state index is 5.37. The molecule has 0 aliphatic rings. The molecule has 14 heavy (non-hydrogen) atoms. The van der Waals surface area contributed by atoms with Crippen LogP contribution >= 0.6 is 0 Å². The highest BCUT2D eigenvalue weighted by molar-refractivity contribution is 4.86. The van der Waals surface area contributed by atoms with E-state index in [1.165, 1.54) is 0 Å². The van der Waals surface area contributed by atoms with Crippen LogP contribution in [0.3, 0.4) is 0 Å². The van der Waals surface area contributed by atoms with Gasteiger partial charge in [-0.15, -0.1) is 0 Å². The van der Waals surface area contributed by atoms with Crippen molar-refractivity contribution in [1.29, 1.82) is 0 Å². The number of ether oxygens (including phenoxy) is 1. The van der Waals surface area contributed by atoms with E-state index in [1.807, 2.05) is 6.92 Å². The maximum absolute atomic E-state index is 5.37. The van der Waals surface area contributed by atoms with E-state index in [-0.39, 0.29) is 0 Å². The molecule has 2 N–H and O–H groups in total. The fourth-order valence-electron chi connectivity index (χ4n) is 1.05. The Balaban J connectivity index is 2.27. The highest BCUT2D eigenvalue weighted by atomic mass is 16.5. The molecule has 1 rings (SSSR count). The van der Waals surface area contributed by atoms with Gasteiger partial charge in [0.1, 0.15) is 0 Å². The Morgan fingerprint density at radius 2 is 2.29 bits per heavy atom. The predicted octanol–water partition coefficient (Wildman–Crippen LogP) is 0.540. The molecule has 0 bridgehead atoms. The van der Waals surface area contributed by atoms with Crippen LogP contribution in [0.5, 0.6) is 0 Å². The van der Waals surface area contributed by atoms with Gasteiger partial charge in [0, 0.05) is 19.4 Å². The van der Waals surface area contributed by atoms with E-state index < -0.39 is 0 Å². The molecule has 0 aliphatic carbocycles. The molecule has 5 heteroatoms. The molecule has 0 amide bonds. The molecule has 0 aliphatic heterocycles. The standard InChI is InChI=1S/C9H17N3O2/c1-2-13-7-5-8-11-9(14-12-8)4-3-6-10/h2-7,10H2,1H3. The number of rotatable bonds is 7. The van der Waals surface area contributed by atoms with Crippen LogP contribution in [0.4, 0.5) is 0 Å². The maximum Gasteiger partial charge on any atom is 0.226 e. The minimum Gasteiger partial charge on any atom is -0.381 e. The van der Waals surface area contributed by atoms with Crippen molar-refractivity contribution >= 4 is 0 Å². The normalized spacial score (nSPS) is 10.7. The monoisotopic (exact) mass is 199 g/mol. The van der Waals surface area contributed by atoms with Gasteiger partial charge >= 0.3 is 0 Å². The fraction of sp³-hybridized carbons (Fsp3) is 0.778. The largest absolute Gasteiger partial charge is 0.381 e. The molecule has 0 fully saturated rings. The van der Waals surface area contributed by atoms with Crippen LogP contribution in [0, 0.1) is 0 Å². The molecule has 0 saturated heterocycles. The molecule has 1 aromatic heterocycles. The Bertz CT molecular complexity index is 250. The van der Waals surface area contributed by atoms with Crippen LogP contribution in [-0.4, -0.2) is 29.9 Å². The van der Waals surface area contributed by atoms with Crippen molar-refractivity contribution in [3.05, 3.63) is 11.7 Å². The van der Waals surface area contributed by atoms with Gasteiger partial charge in [0.2, 0.25) is 5.89 Å². The molecular formula is C9H17N3O2. The molecule has 1 heterocycles. The van der Waals surface area contributed by atoms with E-state index >= 15 is 0 Å². The summed E-state index contributed by atoms with van der Waals surface area (Å²) < 4.78 is 10.2. The third-order valence-corrected chi connectivity index (χ3v) is 1.78. The summed E-state index contributed by atoms with van der Waals surface area (Å²) in [6.45, 7) is 3.98. The second-order valence-corrected chi connectivity index (χ2v) is 2.94. The summed E-state index contributed by atoms with van der Waals surface area (Å²) in [5.41, 5.74) is 5.37. The minimum absolute atomic E-state index is 0.645. The van der Waals surface area contributed by atoms with Crippen LogP contribution in [0.25, 0.3) is 0 Å². The number of hydrogen-bond donors (Lipinski definition) is 1. The van der Waals surface area contributed by atoms with Crippen molar-refractivity contribution in [2.75, 3.05) is 19.8 Å². The summed E-state index contributed by atoms with van der Waals surface area (Å²) >= 11 is 0. The molecule has 0 unspecified atom stereocenters. The van der Waals surface area contributed by atoms with Gasteiger partial charge in [0.15, 0.2) is 5.82 Å². The molecule has 0 saturated carbocycles. The lowest BCUT2D eigenvalue weighted by atomic mass is 10.3. The van der Waals surface area contributed by atoms with Gasteiger partial charge in [-0.05, 0) is 19.9 Å². The molecule has 80 valence electrons. The zero-order chi connectivity index (χ0) is 10.2. The Morgan fingerprint density at radius 1 is 1.43 bits per heavy atom. The van der Waals surface area contributed by atoms with E-state index in [1.54, 1.807) is 0 Å². The van der Waals surface area contributed by atoms with E-state index in [4.69, 9.17) is 15.0 Å². The van der Waals surface area contributed by atoms with Crippen LogP contribution in [0.2, 0.25) is 0 Å². The number of nitrogens with zero attached hydrogens (tertiary/aromatic N) is 2. The second kappa shape index (κ2) is 6.50. The lowest BCUT2D eigenvalue weighted by Crippen LogP contribution is -2.01. The van der Waals surface area contributed by atoms with Crippen molar-refractivity contribution in [2.24, 2.45) is 5.73 Å². The Labute approximate surface area is 83.6 Å². The van der Waals surface area contributed by atoms with Gasteiger partial charge in [-0.25, -0.2) is 0 Å². The van der Waals surface area contributed by atoms with Crippen molar-refractivity contribution in [1.82, 2.24) is 10.1 Å². The van der Waals surface area contributed by atoms with Gasteiger partial charge in [0.05, 0.1) is 6.61 Å². The molecule has 5 nitrogen and oxygen atoms in total. The van der Waals surface area contributed by atoms with Gasteiger partial charge in [-0.3, -0.25) is 0 Å². The Kier molecular flexibility index (Phi) is 5.17. The summed E-state index contributed by atoms with van der Waals surface area (Å²) in [6.07, 6.45) is 2.35. The topological polar surface area (TPSA) is 74.2 Å². The Morgan fingerprint density at radius 3 is 3.00 bits per heavy atom. The smallest absolute Gasteiger partial charge is 0.226 e. The number of nitrogens with two attached hydrogens (primary N) is 1. The van der Waals surface area contributed by atoms with Crippen LogP contribution in [-0.2, 0) is 17.6 Å². The molecule has 0 spiro atoms. The zero-order valence-electron chi connectivity index (χ0n) is 8.53. The lowest BCUT2D eigenvalue weighted by molar-refractivity contribution is 0.149. The number of aromatic nitrogens is 2. The van der Waals surface area contributed by atoms with Crippen molar-refractivity contribution in [3.8, 4) is 0 Å². The highest BCUT2D eigenvalue weighted by Gasteiger charge is 2.04. The first kappa shape index (κ1) is 11.1. The van der Waals surface area contributed by atoms with Gasteiger partial charge in [0.25, 0.3) is 0 Å². The van der Waals surface area contributed by atoms with E-state index in [9.17, 15) is 0 Å². The molecule has 0 radical (unpaired) electrons. The SMILES string of the molecule is CCOCCc1noc(CCCN)n1. The summed E-state index contributed by atoms with van der Waals surface area (Å²) in [6, 6.07) is 0. The summed E-state index contributed by atoms with van der Waals surface area (Å²) in [5, 5.41) is 3.83. The first-order valence-electron chi connectivity index (χ1n) is 4.96. The minimum atomic E-state index is 0.645. The van der Waals surface area contributed by atoms with Crippen LogP contribution in [0.15, 0.2) is 4.52 Å². The van der Waals surface area contributed by atoms with E-state index in [0.717, 1.165) is 19.4 Å². The number of aryl methyl sites for hydroxylation is 1. The first-order valence-corrected chi connectivity index (χ1v) is 4.96. The Hall–Kier alpha value is -0.940. The van der Waals surface area contributed by atoms with E-state index in [2.05, 4.69) is 10.1 Å². The van der Waals surface area contributed by atoms with Crippen molar-refractivity contribution in [3.63, 3.8) is 0 Å². The third kappa shape index (κ3) is 3.85. The number of hydrogen-bond acceptors (Lipinski definition) is 5. The first-order chi connectivity index (χ1) is 6.86. The van der Waals surface area contributed by atoms with Crippen LogP contribution in [0.1, 0.15) is 25.1 Å². The summed E-state index contributed by atoms with van der Waals surface area (Å²) in [4.78, 5) is 4.21. The van der Waals surface area contributed by atoms with Gasteiger partial charge < -0.3 is 15.0 Å². The molecule has 0 atom stereocenters. The fourth-order valence-corrected chi connectivity index (χ4v) is 1.05. The summed E-state index contributed by atoms with van der Waals surface area (Å²) in [5.74, 6) is 1.38. The molecular weight excluding hydrogens is 182 g/mol. The zero-order valence-corrected chi connectivity index (χ0v) is 8.53. The van der Waals surface area contributed by atoms with Crippen molar-refractivity contribution in [2.45, 2.75) is 26.2 Å². The summed E-state index contributed by atoms with van der Waals surface area (Å²) in [7, 11) is 0. The average molecular weight is 199 g/mol. The van der Waals surface area contributed by atoms with Crippen LogP contribution < -0.4 is 5.73 Å². The van der Waals surface area contributed by atoms with Gasteiger partial charge in [-0.1, -0.05) is 5.16 Å². The highest BCUT2D eigenvalue weighted by Crippen LogP contribution is 2.01. The quantitative estimate of drug-likeness (QED) is 0.649. The predicted molar refractivity (Wildman–Crippen MR) is 51.9 cm³/mol. The van der Waals surface area contributed by atoms with Gasteiger partial charge in [-0.2, -0.15) is 4.98 Å². The second-order valence-electron chi connectivity index (χ2n) is 2.94. The molecule has 0 aromatic carbocycles. The average Bonchev–Trinajstić information content (AvgIpc) is 2.63.